The summed E-state index contributed by atoms with van der Waals surface area (Å²) in [4.78, 5) is 12.7. The zero-order valence-corrected chi connectivity index (χ0v) is 19.3. The number of anilines is 1. The molecule has 2 aromatic carbocycles. The molecule has 0 aliphatic rings. The van der Waals surface area contributed by atoms with Gasteiger partial charge < -0.3 is 19.2 Å². The first-order valence-corrected chi connectivity index (χ1v) is 10.5. The number of carbonyl (C=O) groups is 1. The summed E-state index contributed by atoms with van der Waals surface area (Å²) in [6.07, 6.45) is 0. The maximum atomic E-state index is 12.7. The third kappa shape index (κ3) is 4.17. The highest BCUT2D eigenvalue weighted by molar-refractivity contribution is 9.11. The highest BCUT2D eigenvalue weighted by Crippen LogP contribution is 2.43. The van der Waals surface area contributed by atoms with Gasteiger partial charge in [0, 0.05) is 10.2 Å². The molecule has 0 bridgehead atoms. The molecule has 1 aromatic heterocycles. The number of rotatable bonds is 6. The van der Waals surface area contributed by atoms with Crippen molar-refractivity contribution in [2.24, 2.45) is 0 Å². The Balaban J connectivity index is 2.09. The fraction of sp³-hybridized carbons (Fsp3) is 0.211. The number of nitrogens with one attached hydrogen (secondary N) is 1. The molecule has 1 heterocycles. The van der Waals surface area contributed by atoms with E-state index in [2.05, 4.69) is 53.1 Å². The van der Waals surface area contributed by atoms with Crippen LogP contribution in [-0.2, 0) is 11.3 Å². The van der Waals surface area contributed by atoms with Crippen molar-refractivity contribution >= 4 is 70.4 Å². The maximum absolute atomic E-state index is 12.7. The fourth-order valence-corrected chi connectivity index (χ4v) is 4.73. The van der Waals surface area contributed by atoms with Crippen LogP contribution in [0.25, 0.3) is 11.0 Å². The van der Waals surface area contributed by atoms with Crippen molar-refractivity contribution in [3.8, 4) is 5.75 Å². The van der Waals surface area contributed by atoms with E-state index >= 15 is 0 Å². The van der Waals surface area contributed by atoms with Gasteiger partial charge in [-0.2, -0.15) is 0 Å². The lowest BCUT2D eigenvalue weighted by Crippen LogP contribution is -2.09. The Bertz CT molecular complexity index is 1000. The third-order valence-corrected chi connectivity index (χ3v) is 5.70. The molecule has 1 N–H and O–H groups in total. The van der Waals surface area contributed by atoms with Gasteiger partial charge in [0.1, 0.15) is 22.7 Å². The predicted molar refractivity (Wildman–Crippen MR) is 116 cm³/mol. The molecule has 0 aliphatic heterocycles. The highest BCUT2D eigenvalue weighted by atomic mass is 79.9. The molecule has 3 aromatic rings. The topological polar surface area (TPSA) is 60.7 Å². The van der Waals surface area contributed by atoms with E-state index in [4.69, 9.17) is 13.9 Å². The van der Waals surface area contributed by atoms with E-state index in [1.807, 2.05) is 24.3 Å². The zero-order chi connectivity index (χ0) is 19.6. The number of halogens is 3. The Morgan fingerprint density at radius 1 is 1.22 bits per heavy atom. The summed E-state index contributed by atoms with van der Waals surface area (Å²) in [5.74, 6) is 0.636. The van der Waals surface area contributed by atoms with Gasteiger partial charge in [-0.15, -0.1) is 0 Å². The fourth-order valence-electron chi connectivity index (χ4n) is 2.73. The van der Waals surface area contributed by atoms with Crippen LogP contribution in [0.15, 0.2) is 48.2 Å². The first-order chi connectivity index (χ1) is 13.0. The second-order valence-electron chi connectivity index (χ2n) is 5.56. The summed E-state index contributed by atoms with van der Waals surface area (Å²) in [6.45, 7) is 2.37. The van der Waals surface area contributed by atoms with Crippen LogP contribution in [-0.4, -0.2) is 19.7 Å². The molecule has 0 atom stereocenters. The molecule has 142 valence electrons. The van der Waals surface area contributed by atoms with Crippen molar-refractivity contribution in [2.75, 3.05) is 19.0 Å². The normalized spacial score (nSPS) is 10.9. The quantitative estimate of drug-likeness (QED) is 0.347. The van der Waals surface area contributed by atoms with Gasteiger partial charge in [0.2, 0.25) is 0 Å². The summed E-state index contributed by atoms with van der Waals surface area (Å²) >= 11 is 10.4. The van der Waals surface area contributed by atoms with E-state index in [0.29, 0.717) is 39.1 Å². The van der Waals surface area contributed by atoms with Gasteiger partial charge in [-0.25, -0.2) is 4.79 Å². The van der Waals surface area contributed by atoms with Crippen LogP contribution >= 0.6 is 47.8 Å². The van der Waals surface area contributed by atoms with Crippen LogP contribution in [0.4, 0.5) is 5.69 Å². The molecule has 3 rings (SSSR count). The third-order valence-electron chi connectivity index (χ3n) is 3.86. The van der Waals surface area contributed by atoms with Crippen molar-refractivity contribution in [2.45, 2.75) is 13.5 Å². The first-order valence-electron chi connectivity index (χ1n) is 8.10. The monoisotopic (exact) mass is 559 g/mol. The number of carbonyl (C=O) groups excluding carboxylic acids is 1. The van der Waals surface area contributed by atoms with Gasteiger partial charge in [0.15, 0.2) is 0 Å². The average molecular weight is 562 g/mol. The molecule has 0 saturated heterocycles. The molecule has 8 heteroatoms. The van der Waals surface area contributed by atoms with Gasteiger partial charge >= 0.3 is 5.97 Å². The highest BCUT2D eigenvalue weighted by Gasteiger charge is 2.26. The zero-order valence-electron chi connectivity index (χ0n) is 14.6. The summed E-state index contributed by atoms with van der Waals surface area (Å²) in [7, 11) is 1.57. The van der Waals surface area contributed by atoms with Crippen LogP contribution in [0.1, 0.15) is 23.0 Å². The lowest BCUT2D eigenvalue weighted by atomic mass is 10.1. The number of methoxy groups -OCH3 is 1. The predicted octanol–water partition coefficient (Wildman–Crippen LogP) is 6.52. The summed E-state index contributed by atoms with van der Waals surface area (Å²) in [5, 5.41) is 3.90. The van der Waals surface area contributed by atoms with Gasteiger partial charge in [-0.05, 0) is 63.0 Å². The summed E-state index contributed by atoms with van der Waals surface area (Å²) in [6, 6.07) is 9.53. The van der Waals surface area contributed by atoms with E-state index in [9.17, 15) is 4.79 Å². The van der Waals surface area contributed by atoms with E-state index in [1.165, 1.54) is 0 Å². The standard InChI is InChI=1S/C19H16Br3NO4/c1-3-26-19(24)16-14(9-23-11-6-4-5-10(20)7-11)27-13-8-12(21)18(25-2)17(22)15(13)16/h4-8,23H,3,9H2,1-2H3. The second-order valence-corrected chi connectivity index (χ2v) is 8.13. The SMILES string of the molecule is CCOC(=O)c1c(CNc2cccc(Br)c2)oc2cc(Br)c(OC)c(Br)c12. The number of esters is 1. The molecular weight excluding hydrogens is 546 g/mol. The molecule has 27 heavy (non-hydrogen) atoms. The molecule has 5 nitrogen and oxygen atoms in total. The molecule has 0 saturated carbocycles. The van der Waals surface area contributed by atoms with Crippen molar-refractivity contribution in [3.05, 3.63) is 55.1 Å². The lowest BCUT2D eigenvalue weighted by Gasteiger charge is -2.08. The smallest absolute Gasteiger partial charge is 0.342 e. The lowest BCUT2D eigenvalue weighted by molar-refractivity contribution is 0.0526. The van der Waals surface area contributed by atoms with E-state index in [-0.39, 0.29) is 6.61 Å². The summed E-state index contributed by atoms with van der Waals surface area (Å²) in [5.41, 5.74) is 1.84. The van der Waals surface area contributed by atoms with Crippen LogP contribution in [0.2, 0.25) is 0 Å². The van der Waals surface area contributed by atoms with Gasteiger partial charge in [0.25, 0.3) is 0 Å². The molecule has 0 aliphatic carbocycles. The maximum Gasteiger partial charge on any atom is 0.342 e. The van der Waals surface area contributed by atoms with Crippen molar-refractivity contribution in [3.63, 3.8) is 0 Å². The largest absolute Gasteiger partial charge is 0.494 e. The Kier molecular flexibility index (Phi) is 6.49. The minimum atomic E-state index is -0.438. The minimum absolute atomic E-state index is 0.273. The van der Waals surface area contributed by atoms with E-state index in [1.54, 1.807) is 20.1 Å². The minimum Gasteiger partial charge on any atom is -0.494 e. The Labute approximate surface area is 181 Å². The molecular formula is C19H16Br3NO4. The molecule has 0 unspecified atom stereocenters. The van der Waals surface area contributed by atoms with Crippen molar-refractivity contribution in [1.82, 2.24) is 0 Å². The van der Waals surface area contributed by atoms with Crippen molar-refractivity contribution < 1.29 is 18.7 Å². The molecule has 0 spiro atoms. The number of furan rings is 1. The van der Waals surface area contributed by atoms with E-state index < -0.39 is 5.97 Å². The molecule has 0 amide bonds. The number of hydrogen-bond acceptors (Lipinski definition) is 5. The van der Waals surface area contributed by atoms with Crippen LogP contribution in [0, 0.1) is 0 Å². The molecule has 0 radical (unpaired) electrons. The number of benzene rings is 2. The Hall–Kier alpha value is -1.51. The second kappa shape index (κ2) is 8.67. The first kappa shape index (κ1) is 20.2. The average Bonchev–Trinajstić information content (AvgIpc) is 2.99. The Morgan fingerprint density at radius 3 is 2.67 bits per heavy atom. The van der Waals surface area contributed by atoms with Gasteiger partial charge in [-0.1, -0.05) is 22.0 Å². The van der Waals surface area contributed by atoms with Crippen LogP contribution in [0.3, 0.4) is 0 Å². The van der Waals surface area contributed by atoms with E-state index in [0.717, 1.165) is 14.6 Å². The van der Waals surface area contributed by atoms with Crippen LogP contribution in [0.5, 0.6) is 5.75 Å². The molecule has 0 fully saturated rings. The van der Waals surface area contributed by atoms with Crippen molar-refractivity contribution in [1.29, 1.82) is 0 Å². The number of hydrogen-bond donors (Lipinski definition) is 1. The number of fused-ring (bicyclic) bond motifs is 1. The van der Waals surface area contributed by atoms with Crippen LogP contribution < -0.4 is 10.1 Å². The van der Waals surface area contributed by atoms with Gasteiger partial charge in [-0.3, -0.25) is 0 Å². The number of ether oxygens (including phenoxy) is 2. The Morgan fingerprint density at radius 2 is 2.00 bits per heavy atom. The summed E-state index contributed by atoms with van der Waals surface area (Å²) < 4.78 is 19.0. The van der Waals surface area contributed by atoms with Gasteiger partial charge in [0.05, 0.1) is 34.6 Å².